The van der Waals surface area contributed by atoms with E-state index in [4.69, 9.17) is 40.7 Å². The lowest BCUT2D eigenvalue weighted by atomic mass is 10.00. The molecule has 6 heterocycles. The number of rotatable bonds is 9. The molecule has 20 nitrogen and oxygen atoms in total. The number of carbonyl (C=O) groups excluding carboxylic acids is 4. The van der Waals surface area contributed by atoms with E-state index >= 15 is 0 Å². The highest BCUT2D eigenvalue weighted by Gasteiger charge is 2.35. The molecule has 8 rings (SSSR count). The van der Waals surface area contributed by atoms with E-state index in [0.717, 1.165) is 76.6 Å². The Morgan fingerprint density at radius 2 is 1.14 bits per heavy atom. The van der Waals surface area contributed by atoms with Crippen molar-refractivity contribution in [2.45, 2.75) is 116 Å². The highest BCUT2D eigenvalue weighted by atomic mass is 35.5. The maximum Gasteiger partial charge on any atom is 0.373 e. The molecule has 0 spiro atoms. The Bertz CT molecular complexity index is 3060. The van der Waals surface area contributed by atoms with Gasteiger partial charge in [0.05, 0.1) is 57.2 Å². The van der Waals surface area contributed by atoms with Crippen LogP contribution in [0.25, 0.3) is 22.1 Å². The van der Waals surface area contributed by atoms with Gasteiger partial charge in [0.2, 0.25) is 11.2 Å². The van der Waals surface area contributed by atoms with Crippen LogP contribution in [0.15, 0.2) is 46.5 Å². The van der Waals surface area contributed by atoms with Crippen LogP contribution in [0.5, 0.6) is 0 Å². The van der Waals surface area contributed by atoms with Crippen molar-refractivity contribution in [2.24, 2.45) is 11.8 Å². The zero-order chi connectivity index (χ0) is 51.5. The summed E-state index contributed by atoms with van der Waals surface area (Å²) in [7, 11) is -6.86. The number of aliphatic hydroxyl groups excluding tert-OH is 2. The van der Waals surface area contributed by atoms with Gasteiger partial charge in [0.1, 0.15) is 11.6 Å². The van der Waals surface area contributed by atoms with Gasteiger partial charge in [-0.1, -0.05) is 41.5 Å². The molecule has 69 heavy (non-hydrogen) atoms. The number of hydrogen-bond acceptors (Lipinski definition) is 18. The molecule has 0 amide bonds. The van der Waals surface area contributed by atoms with E-state index in [-0.39, 0.29) is 53.3 Å². The summed E-state index contributed by atoms with van der Waals surface area (Å²) in [5.41, 5.74) is 8.05. The van der Waals surface area contributed by atoms with Crippen LogP contribution in [0, 0.1) is 25.7 Å². The van der Waals surface area contributed by atoms with Gasteiger partial charge in [-0.15, -0.1) is 0 Å². The molecule has 4 aromatic heterocycles. The number of nitrogens with zero attached hydrogens (tertiary/aromatic N) is 9. The van der Waals surface area contributed by atoms with Crippen molar-refractivity contribution in [2.75, 3.05) is 30.5 Å². The molecule has 6 aromatic rings. The second-order valence-corrected chi connectivity index (χ2v) is 21.3. The number of imidazole rings is 2. The van der Waals surface area contributed by atoms with Gasteiger partial charge >= 0.3 is 12.3 Å². The van der Waals surface area contributed by atoms with E-state index < -0.39 is 19.7 Å². The number of halogens is 1. The summed E-state index contributed by atoms with van der Waals surface area (Å²) >= 11 is 5.55. The molecule has 2 aliphatic heterocycles. The van der Waals surface area contributed by atoms with Gasteiger partial charge in [-0.3, -0.25) is 0 Å². The van der Waals surface area contributed by atoms with Crippen LogP contribution in [0.2, 0.25) is 5.28 Å². The predicted octanol–water partition coefficient (Wildman–Crippen LogP) is 4.88. The molecule has 2 atom stereocenters. The summed E-state index contributed by atoms with van der Waals surface area (Å²) in [6.45, 7) is 18.9. The van der Waals surface area contributed by atoms with Gasteiger partial charge < -0.3 is 29.6 Å². The Balaban J connectivity index is 0.000000236. The summed E-state index contributed by atoms with van der Waals surface area (Å²) in [5, 5.41) is 23.0. The lowest BCUT2D eigenvalue weighted by molar-refractivity contribution is -0.193. The van der Waals surface area contributed by atoms with Gasteiger partial charge in [0.25, 0.3) is 0 Å². The Labute approximate surface area is 406 Å². The summed E-state index contributed by atoms with van der Waals surface area (Å²) in [6.07, 6.45) is 8.36. The molecule has 2 aromatic carbocycles. The molecular weight excluding hydrogens is 952 g/mol. The standard InChI is InChI=1S/C22H29N5O3S.C15H21N3O3S.C7H9ClN2.2CO2/c1-6-15-11-23-22(24-14(15)4)27-8-7-26-18-10-19(31(5,29)30)16(12-28)9-17(18)25-21(26)20(27)13(2)3;1-9(2)14-15-17-11-6-10(8-19)13(22(3,20)21)7-12(11)18(15)5-4-16-14;1-3-6-4-9-7(8)10-5(6)2;2*2-1-3/h9-11,13,20,28H,6-8,12H2,1-5H3;6-7,9,14,16,19H,4-5,8H2,1-3H3;4H,3H2,1-2H3;;/t20-;14-;;;/m11.../s1. The number of aryl methyl sites for hydroxylation is 4. The van der Waals surface area contributed by atoms with Crippen molar-refractivity contribution in [3.8, 4) is 0 Å². The molecule has 0 aliphatic carbocycles. The number of sulfone groups is 2. The van der Waals surface area contributed by atoms with E-state index in [0.29, 0.717) is 46.9 Å². The maximum atomic E-state index is 12.3. The van der Waals surface area contributed by atoms with Crippen LogP contribution in [0.3, 0.4) is 0 Å². The molecule has 3 N–H and O–H groups in total. The summed E-state index contributed by atoms with van der Waals surface area (Å²) in [4.78, 5) is 61.9. The van der Waals surface area contributed by atoms with E-state index in [9.17, 15) is 27.0 Å². The highest BCUT2D eigenvalue weighted by molar-refractivity contribution is 7.91. The molecule has 0 bridgehead atoms. The minimum Gasteiger partial charge on any atom is -0.392 e. The fourth-order valence-electron chi connectivity index (χ4n) is 8.40. The number of hydrogen-bond donors (Lipinski definition) is 3. The summed E-state index contributed by atoms with van der Waals surface area (Å²) in [6, 6.07) is 6.78. The number of fused-ring (bicyclic) bond motifs is 6. The minimum absolute atomic E-state index is 0.0488. The first-order chi connectivity index (χ1) is 32.5. The zero-order valence-electron chi connectivity index (χ0n) is 40.3. The van der Waals surface area contributed by atoms with Crippen molar-refractivity contribution < 1.29 is 46.2 Å². The van der Waals surface area contributed by atoms with Crippen LogP contribution in [-0.2, 0) is 78.0 Å². The molecule has 0 saturated carbocycles. The maximum absolute atomic E-state index is 12.3. The van der Waals surface area contributed by atoms with Crippen LogP contribution >= 0.6 is 11.6 Å². The minimum atomic E-state index is -3.47. The van der Waals surface area contributed by atoms with E-state index in [1.165, 1.54) is 12.5 Å². The second-order valence-electron chi connectivity index (χ2n) is 17.0. The summed E-state index contributed by atoms with van der Waals surface area (Å²) in [5.74, 6) is 3.12. The molecule has 0 fully saturated rings. The van der Waals surface area contributed by atoms with E-state index in [2.05, 4.69) is 80.8 Å². The Morgan fingerprint density at radius 1 is 0.681 bits per heavy atom. The SMILES string of the molecule is CC(C)[C@H]1NCCn2c1nc1cc(CO)c(S(C)(=O)=O)cc12.CCc1cnc(Cl)nc1C.CCc1cnc(N2CCn3c(nc4cc(CO)c(S(C)(=O)=O)cc43)[C@H]2C(C)C)nc1C.O=C=O.O=C=O. The van der Waals surface area contributed by atoms with Crippen molar-refractivity contribution in [1.82, 2.24) is 44.4 Å². The summed E-state index contributed by atoms with van der Waals surface area (Å²) < 4.78 is 52.7. The Morgan fingerprint density at radius 3 is 1.57 bits per heavy atom. The first kappa shape index (κ1) is 55.8. The predicted molar refractivity (Wildman–Crippen MR) is 255 cm³/mol. The van der Waals surface area contributed by atoms with Crippen molar-refractivity contribution in [1.29, 1.82) is 0 Å². The average Bonchev–Trinajstić information content (AvgIpc) is 3.85. The van der Waals surface area contributed by atoms with Crippen molar-refractivity contribution in [3.05, 3.63) is 87.2 Å². The van der Waals surface area contributed by atoms with Gasteiger partial charge in [0, 0.05) is 62.5 Å². The zero-order valence-corrected chi connectivity index (χ0v) is 42.7. The Hall–Kier alpha value is -5.83. The van der Waals surface area contributed by atoms with E-state index in [1.54, 1.807) is 30.5 Å². The molecule has 0 radical (unpaired) electrons. The highest BCUT2D eigenvalue weighted by Crippen LogP contribution is 2.38. The van der Waals surface area contributed by atoms with Gasteiger partial charge in [-0.05, 0) is 96.6 Å². The molecule has 23 heteroatoms. The van der Waals surface area contributed by atoms with Gasteiger partial charge in [0.15, 0.2) is 19.7 Å². The molecule has 372 valence electrons. The van der Waals surface area contributed by atoms with Gasteiger partial charge in [-0.25, -0.2) is 46.7 Å². The second kappa shape index (κ2) is 24.1. The average molecular weight is 1010 g/mol. The molecule has 0 saturated heterocycles. The normalized spacial score (nSPS) is 15.3. The number of benzene rings is 2. The lowest BCUT2D eigenvalue weighted by Gasteiger charge is -2.38. The first-order valence-electron chi connectivity index (χ1n) is 22.0. The van der Waals surface area contributed by atoms with Gasteiger partial charge in [-0.2, -0.15) is 19.2 Å². The number of nitrogens with one attached hydrogen (secondary N) is 1. The number of aliphatic hydroxyl groups is 2. The number of aromatic nitrogens is 8. The fraction of sp³-hybridized carbons (Fsp3) is 0.478. The third kappa shape index (κ3) is 13.1. The van der Waals surface area contributed by atoms with E-state index in [1.807, 2.05) is 20.0 Å². The van der Waals surface area contributed by atoms with Crippen LogP contribution < -0.4 is 10.2 Å². The third-order valence-electron chi connectivity index (χ3n) is 11.6. The number of anilines is 1. The molecule has 2 aliphatic rings. The van der Waals surface area contributed by atoms with Crippen molar-refractivity contribution >= 4 is 71.6 Å². The molecular formula is C46H59ClN10O10S2. The van der Waals surface area contributed by atoms with Crippen LogP contribution in [0.4, 0.5) is 5.95 Å². The Kier molecular flexibility index (Phi) is 19.5. The quantitative estimate of drug-likeness (QED) is 0.163. The third-order valence-corrected chi connectivity index (χ3v) is 14.2. The van der Waals surface area contributed by atoms with Crippen LogP contribution in [0.1, 0.15) is 98.9 Å². The largest absolute Gasteiger partial charge is 0.392 e. The lowest BCUT2D eigenvalue weighted by Crippen LogP contribution is -2.42. The van der Waals surface area contributed by atoms with Crippen molar-refractivity contribution in [3.63, 3.8) is 0 Å². The topological polar surface area (TPSA) is 279 Å². The molecule has 0 unspecified atom stereocenters. The smallest absolute Gasteiger partial charge is 0.373 e. The first-order valence-corrected chi connectivity index (χ1v) is 26.2. The van der Waals surface area contributed by atoms with Crippen LogP contribution in [-0.4, -0.2) is 104 Å². The fourth-order valence-corrected chi connectivity index (χ4v) is 10.4. The monoisotopic (exact) mass is 1010 g/mol.